The first-order valence-electron chi connectivity index (χ1n) is 20.6. The molecule has 3 aromatic carbocycles. The highest BCUT2D eigenvalue weighted by Crippen LogP contribution is 2.29. The van der Waals surface area contributed by atoms with E-state index in [1.165, 1.54) is 11.1 Å². The fourth-order valence-corrected chi connectivity index (χ4v) is 7.83. The number of piperidine rings is 1. The lowest BCUT2D eigenvalue weighted by Crippen LogP contribution is -2.52. The first-order chi connectivity index (χ1) is 31.1. The van der Waals surface area contributed by atoms with Crippen molar-refractivity contribution < 1.29 is 29.1 Å². The van der Waals surface area contributed by atoms with Crippen LogP contribution in [0.2, 0.25) is 20.1 Å². The number of aromatic amines is 1. The van der Waals surface area contributed by atoms with E-state index in [1.54, 1.807) is 72.8 Å². The Morgan fingerprint density at radius 3 is 2.05 bits per heavy atom. The molecule has 2 amide bonds. The minimum Gasteiger partial charge on any atom is -0.481 e. The van der Waals surface area contributed by atoms with Crippen LogP contribution in [-0.4, -0.2) is 85.0 Å². The third-order valence-electron chi connectivity index (χ3n) is 10.7. The number of carboxylic acids is 1. The highest BCUT2D eigenvalue weighted by molar-refractivity contribution is 6.42. The largest absolute Gasteiger partial charge is 0.481 e. The molecule has 0 radical (unpaired) electrons. The summed E-state index contributed by atoms with van der Waals surface area (Å²) in [6, 6.07) is 15.5. The maximum absolute atomic E-state index is 14.4. The number of aryl methyl sites for hydroxylation is 2. The second-order valence-corrected chi connectivity index (χ2v) is 17.1. The van der Waals surface area contributed by atoms with Gasteiger partial charge in [-0.05, 0) is 98.2 Å². The van der Waals surface area contributed by atoms with Gasteiger partial charge in [0.1, 0.15) is 6.04 Å². The van der Waals surface area contributed by atoms with Crippen LogP contribution in [0, 0.1) is 5.92 Å². The molecule has 338 valence electrons. The van der Waals surface area contributed by atoms with Crippen LogP contribution in [0.5, 0.6) is 0 Å². The van der Waals surface area contributed by atoms with Gasteiger partial charge in [0.05, 0.1) is 31.7 Å². The summed E-state index contributed by atoms with van der Waals surface area (Å²) in [7, 11) is 0. The Morgan fingerprint density at radius 2 is 1.46 bits per heavy atom. The lowest BCUT2D eigenvalue weighted by Gasteiger charge is -2.33. The third-order valence-corrected chi connectivity index (χ3v) is 12.2. The molecule has 15 nitrogen and oxygen atoms in total. The molecule has 1 saturated heterocycles. The van der Waals surface area contributed by atoms with Crippen LogP contribution in [-0.2, 0) is 32.0 Å². The molecule has 1 fully saturated rings. The summed E-state index contributed by atoms with van der Waals surface area (Å²) in [4.78, 5) is 95.8. The predicted octanol–water partition coefficient (Wildman–Crippen LogP) is 6.94. The van der Waals surface area contributed by atoms with Crippen LogP contribution in [0.3, 0.4) is 0 Å². The molecule has 0 aliphatic carbocycles. The van der Waals surface area contributed by atoms with E-state index in [2.05, 4.69) is 25.3 Å². The topological polar surface area (TPSA) is 244 Å². The molecule has 2 atom stereocenters. The van der Waals surface area contributed by atoms with Gasteiger partial charge in [0, 0.05) is 48.8 Å². The zero-order valence-corrected chi connectivity index (χ0v) is 37.8. The van der Waals surface area contributed by atoms with Crippen LogP contribution >= 0.6 is 46.4 Å². The summed E-state index contributed by atoms with van der Waals surface area (Å²) in [5.74, 6) is -4.25. The quantitative estimate of drug-likeness (QED) is 0.0341. The number of carbonyl (C=O) groups is 5. The van der Waals surface area contributed by atoms with E-state index in [0.717, 1.165) is 5.56 Å². The van der Waals surface area contributed by atoms with Gasteiger partial charge in [-0.2, -0.15) is 4.98 Å². The minimum absolute atomic E-state index is 0.0672. The van der Waals surface area contributed by atoms with E-state index in [0.29, 0.717) is 64.7 Å². The second kappa shape index (κ2) is 22.3. The minimum atomic E-state index is -1.24. The first-order valence-corrected chi connectivity index (χ1v) is 22.1. The molecular formula is C46H44Cl4N8O7. The van der Waals surface area contributed by atoms with E-state index in [4.69, 9.17) is 57.9 Å². The Kier molecular flexibility index (Phi) is 16.6. The van der Waals surface area contributed by atoms with Crippen molar-refractivity contribution in [2.45, 2.75) is 57.4 Å². The van der Waals surface area contributed by atoms with Gasteiger partial charge in [-0.25, -0.2) is 9.97 Å². The molecular weight excluding hydrogens is 918 g/mol. The van der Waals surface area contributed by atoms with E-state index >= 15 is 0 Å². The molecule has 2 aromatic heterocycles. The molecule has 1 aliphatic rings. The van der Waals surface area contributed by atoms with Gasteiger partial charge in [0.25, 0.3) is 5.56 Å². The van der Waals surface area contributed by atoms with Gasteiger partial charge in [0.15, 0.2) is 22.7 Å². The summed E-state index contributed by atoms with van der Waals surface area (Å²) in [5.41, 5.74) is 14.6. The molecule has 6 rings (SSSR count). The fraction of sp³-hybridized carbons (Fsp3) is 0.283. The number of nitrogens with two attached hydrogens (primary N) is 2. The van der Waals surface area contributed by atoms with Gasteiger partial charge in [-0.3, -0.25) is 33.8 Å². The molecule has 5 aromatic rings. The molecule has 0 saturated carbocycles. The van der Waals surface area contributed by atoms with Gasteiger partial charge in [-0.1, -0.05) is 82.8 Å². The van der Waals surface area contributed by atoms with Crippen LogP contribution < -0.4 is 22.3 Å². The number of fused-ring (bicyclic) bond motifs is 1. The molecule has 0 spiro atoms. The average Bonchev–Trinajstić information content (AvgIpc) is 3.27. The maximum atomic E-state index is 14.4. The van der Waals surface area contributed by atoms with Crippen molar-refractivity contribution in [1.82, 2.24) is 30.2 Å². The third kappa shape index (κ3) is 13.1. The first kappa shape index (κ1) is 48.5. The monoisotopic (exact) mass is 960 g/mol. The van der Waals surface area contributed by atoms with E-state index in [1.807, 2.05) is 0 Å². The maximum Gasteiger partial charge on any atom is 0.306 e. The van der Waals surface area contributed by atoms with Crippen molar-refractivity contribution in [3.05, 3.63) is 136 Å². The summed E-state index contributed by atoms with van der Waals surface area (Å²) < 4.78 is 0. The number of aliphatic carboxylic acids is 1. The van der Waals surface area contributed by atoms with Gasteiger partial charge in [0.2, 0.25) is 17.8 Å². The number of Topliss-reactive ketones (excluding diaryl/α,β-unsaturated/α-hetero) is 2. The summed E-state index contributed by atoms with van der Waals surface area (Å²) in [5, 5.41) is 14.1. The number of anilines is 1. The van der Waals surface area contributed by atoms with E-state index < -0.39 is 41.1 Å². The van der Waals surface area contributed by atoms with Crippen LogP contribution in [0.4, 0.5) is 5.95 Å². The number of carboxylic acid groups (broad SMARTS) is 1. The smallest absolute Gasteiger partial charge is 0.306 e. The van der Waals surface area contributed by atoms with Crippen molar-refractivity contribution >= 4 is 105 Å². The molecule has 7 N–H and O–H groups in total. The number of nitrogens with zero attached hydrogens (tertiary/aromatic N) is 4. The van der Waals surface area contributed by atoms with Crippen molar-refractivity contribution in [2.24, 2.45) is 11.7 Å². The molecule has 0 bridgehead atoms. The number of nitrogens with one attached hydrogen (secondary N) is 2. The van der Waals surface area contributed by atoms with E-state index in [-0.39, 0.29) is 82.9 Å². The molecule has 1 aliphatic heterocycles. The average molecular weight is 963 g/mol. The summed E-state index contributed by atoms with van der Waals surface area (Å²) in [6.45, 7) is 0.191. The number of hydrogen-bond acceptors (Lipinski definition) is 11. The van der Waals surface area contributed by atoms with Gasteiger partial charge >= 0.3 is 5.97 Å². The number of halogens is 4. The number of ketones is 2. The van der Waals surface area contributed by atoms with Crippen LogP contribution in [0.25, 0.3) is 23.3 Å². The van der Waals surface area contributed by atoms with Gasteiger partial charge < -0.3 is 26.8 Å². The van der Waals surface area contributed by atoms with E-state index in [9.17, 15) is 33.9 Å². The highest BCUT2D eigenvalue weighted by Gasteiger charge is 2.34. The fourth-order valence-electron chi connectivity index (χ4n) is 7.22. The zero-order valence-electron chi connectivity index (χ0n) is 34.8. The van der Waals surface area contributed by atoms with Crippen molar-refractivity contribution in [1.29, 1.82) is 0 Å². The molecule has 19 heteroatoms. The predicted molar refractivity (Wildman–Crippen MR) is 251 cm³/mol. The number of hydrogen-bond donors (Lipinski definition) is 5. The van der Waals surface area contributed by atoms with Crippen molar-refractivity contribution in [3.63, 3.8) is 0 Å². The number of rotatable bonds is 18. The summed E-state index contributed by atoms with van der Waals surface area (Å²) >= 11 is 24.8. The van der Waals surface area contributed by atoms with Crippen LogP contribution in [0.1, 0.15) is 71.3 Å². The number of nitrogen functional groups attached to an aromatic ring is 1. The number of unbranched alkanes of at least 4 members (excludes halogenated alkanes) is 1. The number of benzene rings is 3. The normalized spacial score (nSPS) is 15.0. The number of likely N-dealkylation sites (tertiary alicyclic amines) is 1. The Morgan fingerprint density at radius 1 is 0.831 bits per heavy atom. The van der Waals surface area contributed by atoms with Crippen molar-refractivity contribution in [3.8, 4) is 0 Å². The van der Waals surface area contributed by atoms with Crippen molar-refractivity contribution in [2.75, 3.05) is 25.4 Å². The highest BCUT2D eigenvalue weighted by atomic mass is 35.5. The second-order valence-electron chi connectivity index (χ2n) is 15.5. The zero-order chi connectivity index (χ0) is 46.8. The Labute approximate surface area is 393 Å². The molecule has 65 heavy (non-hydrogen) atoms. The number of amides is 2. The Bertz CT molecular complexity index is 2690. The molecule has 3 heterocycles. The lowest BCUT2D eigenvalue weighted by molar-refractivity contribution is -0.142. The lowest BCUT2D eigenvalue weighted by atomic mass is 9.93. The SMILES string of the molecule is NCCCC[C@@H](NC(=O)CC[C@H](CC(=O)c1ccc(CCc2cnc3c(=O)[nH]c(N)nc3n2)cc1)C(=O)O)C(=O)N1C/C(=C\c2ccc(Cl)c(Cl)c2)C(=O)/C(=C/c2ccc(Cl)c(Cl)c2)C1. The number of carbonyl (C=O) groups excluding carboxylic acids is 4. The standard InChI is InChI=1S/C46H44Cl4N8O7/c47-33-13-7-26(19-35(33)49)17-30-23-58(24-31(41(30)61)18-27-8-14-34(48)36(50)20-27)44(63)37(3-1-2-16-51)55-39(60)15-11-29(45(64)65)21-38(59)28-9-4-25(5-10-28)6-12-32-22-53-40-42(54-32)56-46(52)57-43(40)62/h4-5,7-10,13-14,17-20,22,29,37H,1-3,6,11-12,15-16,21,23-24,51H2,(H,55,60)(H,64,65)(H3,52,54,56,57,62)/b30-17+,31-18+/t29-,37-/m1/s1. The summed E-state index contributed by atoms with van der Waals surface area (Å²) in [6.07, 6.45) is 6.22. The van der Waals surface area contributed by atoms with Crippen LogP contribution in [0.15, 0.2) is 82.8 Å². The number of aromatic nitrogens is 4. The van der Waals surface area contributed by atoms with Gasteiger partial charge in [-0.15, -0.1) is 0 Å². The number of H-pyrrole nitrogens is 1. The Balaban J connectivity index is 1.11. The Hall–Kier alpha value is -5.97. The molecule has 0 unspecified atom stereocenters.